The summed E-state index contributed by atoms with van der Waals surface area (Å²) in [5.74, 6) is 0.739. The van der Waals surface area contributed by atoms with Gasteiger partial charge >= 0.3 is 0 Å². The van der Waals surface area contributed by atoms with Crippen molar-refractivity contribution in [3.63, 3.8) is 0 Å². The Labute approximate surface area is 117 Å². The molecule has 0 bridgehead atoms. The molecule has 2 aromatic carbocycles. The van der Waals surface area contributed by atoms with Crippen LogP contribution in [0.4, 0.5) is 4.39 Å². The first-order valence-electron chi connectivity index (χ1n) is 6.02. The van der Waals surface area contributed by atoms with Crippen molar-refractivity contribution in [3.8, 4) is 11.5 Å². The molecule has 2 aromatic rings. The molecule has 0 heterocycles. The van der Waals surface area contributed by atoms with E-state index in [2.05, 4.69) is 0 Å². The number of halogens is 2. The molecule has 0 spiro atoms. The van der Waals surface area contributed by atoms with E-state index in [4.69, 9.17) is 22.1 Å². The van der Waals surface area contributed by atoms with Crippen LogP contribution in [0.25, 0.3) is 0 Å². The fourth-order valence-electron chi connectivity index (χ4n) is 1.72. The van der Waals surface area contributed by atoms with Gasteiger partial charge < -0.3 is 10.5 Å². The van der Waals surface area contributed by atoms with E-state index in [1.165, 1.54) is 6.07 Å². The van der Waals surface area contributed by atoms with Gasteiger partial charge in [-0.2, -0.15) is 0 Å². The van der Waals surface area contributed by atoms with Crippen LogP contribution in [0, 0.1) is 12.7 Å². The van der Waals surface area contributed by atoms with Gasteiger partial charge in [-0.25, -0.2) is 4.39 Å². The minimum atomic E-state index is -0.289. The van der Waals surface area contributed by atoms with Crippen molar-refractivity contribution in [2.24, 2.45) is 5.73 Å². The summed E-state index contributed by atoms with van der Waals surface area (Å²) < 4.78 is 19.0. The van der Waals surface area contributed by atoms with Crippen molar-refractivity contribution >= 4 is 11.6 Å². The van der Waals surface area contributed by atoms with E-state index < -0.39 is 0 Å². The summed E-state index contributed by atoms with van der Waals surface area (Å²) in [7, 11) is 0. The molecule has 0 unspecified atom stereocenters. The first-order chi connectivity index (χ1) is 9.10. The topological polar surface area (TPSA) is 35.2 Å². The Balaban J connectivity index is 2.19. The Morgan fingerprint density at radius 1 is 1.16 bits per heavy atom. The SMILES string of the molecule is Cc1ccc(Oc2ccc(CCN)c(Cl)c2)cc1F. The summed E-state index contributed by atoms with van der Waals surface area (Å²) in [5, 5.41) is 0.607. The third kappa shape index (κ3) is 3.46. The summed E-state index contributed by atoms with van der Waals surface area (Å²) in [6.07, 6.45) is 0.721. The van der Waals surface area contributed by atoms with E-state index in [1.807, 2.05) is 6.07 Å². The zero-order valence-corrected chi connectivity index (χ0v) is 11.4. The summed E-state index contributed by atoms with van der Waals surface area (Å²) in [4.78, 5) is 0. The Hall–Kier alpha value is -1.58. The molecule has 2 N–H and O–H groups in total. The number of nitrogens with two attached hydrogens (primary N) is 1. The van der Waals surface area contributed by atoms with E-state index in [9.17, 15) is 4.39 Å². The van der Waals surface area contributed by atoms with Gasteiger partial charge in [-0.3, -0.25) is 0 Å². The van der Waals surface area contributed by atoms with E-state index in [1.54, 1.807) is 31.2 Å². The number of benzene rings is 2. The highest BCUT2D eigenvalue weighted by Crippen LogP contribution is 2.27. The van der Waals surface area contributed by atoms with E-state index in [0.29, 0.717) is 28.6 Å². The minimum absolute atomic E-state index is 0.289. The Morgan fingerprint density at radius 2 is 1.84 bits per heavy atom. The van der Waals surface area contributed by atoms with Crippen molar-refractivity contribution in [2.75, 3.05) is 6.54 Å². The van der Waals surface area contributed by atoms with Crippen molar-refractivity contribution in [1.82, 2.24) is 0 Å². The van der Waals surface area contributed by atoms with Gasteiger partial charge in [-0.1, -0.05) is 23.7 Å². The lowest BCUT2D eigenvalue weighted by molar-refractivity contribution is 0.476. The summed E-state index contributed by atoms with van der Waals surface area (Å²) in [6.45, 7) is 2.25. The van der Waals surface area contributed by atoms with Gasteiger partial charge in [0, 0.05) is 11.1 Å². The van der Waals surface area contributed by atoms with Crippen LogP contribution in [-0.4, -0.2) is 6.54 Å². The molecular weight excluding hydrogens is 265 g/mol. The molecule has 2 rings (SSSR count). The molecule has 0 aliphatic carbocycles. The number of hydrogen-bond acceptors (Lipinski definition) is 2. The highest BCUT2D eigenvalue weighted by molar-refractivity contribution is 6.31. The molecule has 0 aliphatic rings. The Bertz CT molecular complexity index is 586. The Kier molecular flexibility index (Phi) is 4.40. The number of rotatable bonds is 4. The zero-order valence-electron chi connectivity index (χ0n) is 10.6. The predicted octanol–water partition coefficient (Wildman–Crippen LogP) is 4.08. The van der Waals surface area contributed by atoms with Gasteiger partial charge in [0.1, 0.15) is 17.3 Å². The molecule has 0 aromatic heterocycles. The fraction of sp³-hybridized carbons (Fsp3) is 0.200. The van der Waals surface area contributed by atoms with Crippen LogP contribution in [0.3, 0.4) is 0 Å². The van der Waals surface area contributed by atoms with Crippen LogP contribution in [-0.2, 0) is 6.42 Å². The van der Waals surface area contributed by atoms with Gasteiger partial charge in [-0.05, 0) is 49.2 Å². The maximum absolute atomic E-state index is 13.4. The monoisotopic (exact) mass is 279 g/mol. The standard InChI is InChI=1S/C15H15ClFNO/c1-10-2-4-13(9-15(10)17)19-12-5-3-11(6-7-18)14(16)8-12/h2-5,8-9H,6-7,18H2,1H3. The van der Waals surface area contributed by atoms with Gasteiger partial charge in [0.25, 0.3) is 0 Å². The molecule has 19 heavy (non-hydrogen) atoms. The van der Waals surface area contributed by atoms with Crippen LogP contribution in [0.1, 0.15) is 11.1 Å². The zero-order chi connectivity index (χ0) is 13.8. The second-order valence-corrected chi connectivity index (χ2v) is 4.71. The van der Waals surface area contributed by atoms with Gasteiger partial charge in [0.2, 0.25) is 0 Å². The van der Waals surface area contributed by atoms with Crippen molar-refractivity contribution in [1.29, 1.82) is 0 Å². The lowest BCUT2D eigenvalue weighted by Gasteiger charge is -2.09. The van der Waals surface area contributed by atoms with Crippen LogP contribution in [0.5, 0.6) is 11.5 Å². The third-order valence-corrected chi connectivity index (χ3v) is 3.17. The molecule has 0 saturated heterocycles. The summed E-state index contributed by atoms with van der Waals surface area (Å²) in [5.41, 5.74) is 7.06. The van der Waals surface area contributed by atoms with Crippen molar-refractivity contribution < 1.29 is 9.13 Å². The minimum Gasteiger partial charge on any atom is -0.457 e. The molecule has 0 fully saturated rings. The maximum Gasteiger partial charge on any atom is 0.130 e. The average molecular weight is 280 g/mol. The predicted molar refractivity (Wildman–Crippen MR) is 75.4 cm³/mol. The van der Waals surface area contributed by atoms with Gasteiger partial charge in [0.05, 0.1) is 0 Å². The van der Waals surface area contributed by atoms with Crippen molar-refractivity contribution in [2.45, 2.75) is 13.3 Å². The van der Waals surface area contributed by atoms with E-state index in [0.717, 1.165) is 12.0 Å². The van der Waals surface area contributed by atoms with E-state index >= 15 is 0 Å². The lowest BCUT2D eigenvalue weighted by atomic mass is 10.1. The van der Waals surface area contributed by atoms with Crippen LogP contribution >= 0.6 is 11.6 Å². The molecule has 0 saturated carbocycles. The smallest absolute Gasteiger partial charge is 0.130 e. The summed E-state index contributed by atoms with van der Waals surface area (Å²) >= 11 is 6.12. The largest absolute Gasteiger partial charge is 0.457 e. The van der Waals surface area contributed by atoms with Crippen LogP contribution in [0.15, 0.2) is 36.4 Å². The number of aryl methyl sites for hydroxylation is 1. The van der Waals surface area contributed by atoms with Crippen molar-refractivity contribution in [3.05, 3.63) is 58.4 Å². The average Bonchev–Trinajstić information content (AvgIpc) is 2.37. The maximum atomic E-state index is 13.4. The quantitative estimate of drug-likeness (QED) is 0.915. The van der Waals surface area contributed by atoms with Crippen LogP contribution in [0.2, 0.25) is 5.02 Å². The molecule has 0 aliphatic heterocycles. The third-order valence-electron chi connectivity index (χ3n) is 2.82. The summed E-state index contributed by atoms with van der Waals surface area (Å²) in [6, 6.07) is 10.1. The van der Waals surface area contributed by atoms with Gasteiger partial charge in [-0.15, -0.1) is 0 Å². The van der Waals surface area contributed by atoms with Crippen LogP contribution < -0.4 is 10.5 Å². The second-order valence-electron chi connectivity index (χ2n) is 4.30. The second kappa shape index (κ2) is 6.04. The highest BCUT2D eigenvalue weighted by Gasteiger charge is 2.05. The molecule has 0 amide bonds. The highest BCUT2D eigenvalue weighted by atomic mass is 35.5. The number of ether oxygens (including phenoxy) is 1. The number of hydrogen-bond donors (Lipinski definition) is 1. The van der Waals surface area contributed by atoms with E-state index in [-0.39, 0.29) is 5.82 Å². The molecular formula is C15H15ClFNO. The molecule has 100 valence electrons. The molecule has 0 atom stereocenters. The first kappa shape index (κ1) is 13.8. The normalized spacial score (nSPS) is 10.5. The molecule has 2 nitrogen and oxygen atoms in total. The molecule has 0 radical (unpaired) electrons. The Morgan fingerprint density at radius 3 is 2.47 bits per heavy atom. The van der Waals surface area contributed by atoms with Gasteiger partial charge in [0.15, 0.2) is 0 Å². The lowest BCUT2D eigenvalue weighted by Crippen LogP contribution is -2.03. The fourth-order valence-corrected chi connectivity index (χ4v) is 1.99. The first-order valence-corrected chi connectivity index (χ1v) is 6.40. The molecule has 4 heteroatoms.